The second-order valence-corrected chi connectivity index (χ2v) is 9.17. The van der Waals surface area contributed by atoms with Crippen molar-refractivity contribution in [2.45, 2.75) is 19.5 Å². The van der Waals surface area contributed by atoms with Crippen LogP contribution < -0.4 is 16.0 Å². The molecule has 1 aliphatic rings. The van der Waals surface area contributed by atoms with Crippen molar-refractivity contribution in [2.24, 2.45) is 0 Å². The van der Waals surface area contributed by atoms with E-state index in [0.717, 1.165) is 52.6 Å². The molecule has 3 N–H and O–H groups in total. The Hall–Kier alpha value is -3.85. The van der Waals surface area contributed by atoms with E-state index in [0.29, 0.717) is 11.5 Å². The van der Waals surface area contributed by atoms with Crippen molar-refractivity contribution in [2.75, 3.05) is 22.5 Å². The summed E-state index contributed by atoms with van der Waals surface area (Å²) >= 11 is 1.67. The van der Waals surface area contributed by atoms with E-state index in [1.54, 1.807) is 23.5 Å². The van der Waals surface area contributed by atoms with Gasteiger partial charge >= 0.3 is 6.18 Å². The average molecular weight is 495 g/mol. The van der Waals surface area contributed by atoms with Gasteiger partial charge in [0.25, 0.3) is 5.91 Å². The number of carbonyl (C=O) groups is 1. The minimum absolute atomic E-state index is 0.0677. The number of anilines is 4. The molecule has 35 heavy (non-hydrogen) atoms. The molecule has 0 unspecified atom stereocenters. The predicted molar refractivity (Wildman–Crippen MR) is 134 cm³/mol. The fourth-order valence-electron chi connectivity index (χ4n) is 4.00. The highest BCUT2D eigenvalue weighted by Crippen LogP contribution is 2.37. The molecule has 0 fully saturated rings. The van der Waals surface area contributed by atoms with E-state index in [-0.39, 0.29) is 5.56 Å². The third-order valence-corrected chi connectivity index (χ3v) is 6.69. The first kappa shape index (κ1) is 22.9. The lowest BCUT2D eigenvalue weighted by Crippen LogP contribution is -2.14. The molecule has 3 heterocycles. The highest BCUT2D eigenvalue weighted by Gasteiger charge is 2.31. The Bertz CT molecular complexity index is 1400. The first-order valence-corrected chi connectivity index (χ1v) is 11.8. The van der Waals surface area contributed by atoms with Crippen LogP contribution in [0.25, 0.3) is 10.4 Å². The van der Waals surface area contributed by atoms with Gasteiger partial charge in [-0.05, 0) is 66.8 Å². The van der Waals surface area contributed by atoms with Crippen molar-refractivity contribution < 1.29 is 18.0 Å². The van der Waals surface area contributed by atoms with Gasteiger partial charge in [0.1, 0.15) is 11.6 Å². The molecule has 2 aromatic carbocycles. The molecular formula is C26H21F3N4OS. The van der Waals surface area contributed by atoms with Crippen LogP contribution in [0.1, 0.15) is 27.0 Å². The Kier molecular flexibility index (Phi) is 5.94. The molecule has 0 saturated heterocycles. The summed E-state index contributed by atoms with van der Waals surface area (Å²) < 4.78 is 39.0. The number of hydrogen-bond acceptors (Lipinski definition) is 5. The zero-order chi connectivity index (χ0) is 24.6. The molecule has 0 spiro atoms. The maximum absolute atomic E-state index is 13.0. The number of alkyl halides is 3. The van der Waals surface area contributed by atoms with E-state index < -0.39 is 17.6 Å². The van der Waals surface area contributed by atoms with Crippen LogP contribution >= 0.6 is 11.3 Å². The number of nitrogens with zero attached hydrogens (tertiary/aromatic N) is 1. The third-order valence-electron chi connectivity index (χ3n) is 5.79. The van der Waals surface area contributed by atoms with E-state index in [9.17, 15) is 18.0 Å². The summed E-state index contributed by atoms with van der Waals surface area (Å²) in [5.41, 5.74) is 3.50. The van der Waals surface area contributed by atoms with Crippen LogP contribution in [0.15, 0.2) is 66.0 Å². The molecule has 0 saturated carbocycles. The number of rotatable bonds is 5. The van der Waals surface area contributed by atoms with Crippen molar-refractivity contribution in [3.05, 3.63) is 88.3 Å². The molecule has 0 bridgehead atoms. The van der Waals surface area contributed by atoms with Crippen molar-refractivity contribution in [3.8, 4) is 10.4 Å². The number of hydrogen-bond donors (Lipinski definition) is 3. The van der Waals surface area contributed by atoms with Gasteiger partial charge in [0.15, 0.2) is 0 Å². The van der Waals surface area contributed by atoms with Crippen LogP contribution in [0.2, 0.25) is 0 Å². The molecule has 4 aromatic rings. The summed E-state index contributed by atoms with van der Waals surface area (Å²) in [4.78, 5) is 18.5. The molecular weight excluding hydrogens is 473 g/mol. The second-order valence-electron chi connectivity index (χ2n) is 8.22. The first-order chi connectivity index (χ1) is 16.8. The summed E-state index contributed by atoms with van der Waals surface area (Å²) in [5.74, 6) is 0.891. The number of pyridine rings is 1. The molecule has 5 rings (SSSR count). The van der Waals surface area contributed by atoms with Gasteiger partial charge in [-0.25, -0.2) is 4.98 Å². The minimum Gasteiger partial charge on any atom is -0.369 e. The second kappa shape index (κ2) is 9.07. The number of thiophene rings is 1. The molecule has 1 aliphatic heterocycles. The zero-order valence-corrected chi connectivity index (χ0v) is 19.5. The van der Waals surface area contributed by atoms with Crippen LogP contribution in [0.4, 0.5) is 36.2 Å². The van der Waals surface area contributed by atoms with Gasteiger partial charge in [-0.2, -0.15) is 13.2 Å². The van der Waals surface area contributed by atoms with Gasteiger partial charge in [0.05, 0.1) is 5.56 Å². The van der Waals surface area contributed by atoms with E-state index >= 15 is 0 Å². The smallest absolute Gasteiger partial charge is 0.369 e. The molecule has 0 aliphatic carbocycles. The number of nitrogens with one attached hydrogen (secondary N) is 3. The standard InChI is InChI=1S/C26H21F3N4OS/c1-15-7-8-18(31-25(34)16-4-2-5-17(12-16)26(27,28)29)13-21(15)32-23-14-20(22-6-3-11-35-22)19-9-10-30-24(19)33-23/h2-8,11-14H,9-10H2,1H3,(H,31,34)(H2,30,32,33). The lowest BCUT2D eigenvalue weighted by molar-refractivity contribution is -0.137. The monoisotopic (exact) mass is 494 g/mol. The predicted octanol–water partition coefficient (Wildman–Crippen LogP) is 7.10. The fraction of sp³-hybridized carbons (Fsp3) is 0.154. The summed E-state index contributed by atoms with van der Waals surface area (Å²) in [6, 6.07) is 15.8. The zero-order valence-electron chi connectivity index (χ0n) is 18.7. The molecule has 1 amide bonds. The quantitative estimate of drug-likeness (QED) is 0.277. The van der Waals surface area contributed by atoms with Crippen LogP contribution in [-0.4, -0.2) is 17.4 Å². The Morgan fingerprint density at radius 2 is 1.94 bits per heavy atom. The van der Waals surface area contributed by atoms with Crippen LogP contribution in [-0.2, 0) is 12.6 Å². The van der Waals surface area contributed by atoms with E-state index in [4.69, 9.17) is 4.98 Å². The number of amides is 1. The van der Waals surface area contributed by atoms with Crippen molar-refractivity contribution in [1.82, 2.24) is 4.98 Å². The Labute approximate surface area is 204 Å². The largest absolute Gasteiger partial charge is 0.416 e. The maximum atomic E-state index is 13.0. The normalized spacial score (nSPS) is 12.7. The minimum atomic E-state index is -4.52. The highest BCUT2D eigenvalue weighted by molar-refractivity contribution is 7.13. The number of fused-ring (bicyclic) bond motifs is 1. The summed E-state index contributed by atoms with van der Waals surface area (Å²) in [6.07, 6.45) is -3.61. The first-order valence-electron chi connectivity index (χ1n) is 11.0. The SMILES string of the molecule is Cc1ccc(NC(=O)c2cccc(C(F)(F)F)c2)cc1Nc1cc(-c2cccs2)c2c(n1)NCC2. The number of benzene rings is 2. The molecule has 0 radical (unpaired) electrons. The topological polar surface area (TPSA) is 66.0 Å². The van der Waals surface area contributed by atoms with Crippen LogP contribution in [0, 0.1) is 6.92 Å². The lowest BCUT2D eigenvalue weighted by Gasteiger charge is -2.15. The number of aromatic nitrogens is 1. The average Bonchev–Trinajstić information content (AvgIpc) is 3.52. The van der Waals surface area contributed by atoms with Crippen molar-refractivity contribution >= 4 is 40.3 Å². The Balaban J connectivity index is 1.40. The van der Waals surface area contributed by atoms with Gasteiger partial charge in [-0.1, -0.05) is 18.2 Å². The molecule has 0 atom stereocenters. The maximum Gasteiger partial charge on any atom is 0.416 e. The number of halogens is 3. The Morgan fingerprint density at radius 1 is 1.09 bits per heavy atom. The molecule has 2 aromatic heterocycles. The van der Waals surface area contributed by atoms with Gasteiger partial charge < -0.3 is 16.0 Å². The van der Waals surface area contributed by atoms with Crippen LogP contribution in [0.3, 0.4) is 0 Å². The molecule has 5 nitrogen and oxygen atoms in total. The number of aryl methyl sites for hydroxylation is 1. The summed E-state index contributed by atoms with van der Waals surface area (Å²) in [7, 11) is 0. The van der Waals surface area contributed by atoms with E-state index in [1.807, 2.05) is 30.5 Å². The lowest BCUT2D eigenvalue weighted by atomic mass is 10.1. The fourth-order valence-corrected chi connectivity index (χ4v) is 4.77. The van der Waals surface area contributed by atoms with Gasteiger partial charge in [-0.15, -0.1) is 11.3 Å². The van der Waals surface area contributed by atoms with Gasteiger partial charge in [-0.3, -0.25) is 4.79 Å². The summed E-state index contributed by atoms with van der Waals surface area (Å²) in [5, 5.41) is 11.4. The highest BCUT2D eigenvalue weighted by atomic mass is 32.1. The van der Waals surface area contributed by atoms with Crippen LogP contribution in [0.5, 0.6) is 0 Å². The van der Waals surface area contributed by atoms with E-state index in [2.05, 4.69) is 22.0 Å². The van der Waals surface area contributed by atoms with Gasteiger partial charge in [0.2, 0.25) is 0 Å². The summed E-state index contributed by atoms with van der Waals surface area (Å²) in [6.45, 7) is 2.76. The Morgan fingerprint density at radius 3 is 2.71 bits per heavy atom. The molecule has 9 heteroatoms. The third kappa shape index (κ3) is 4.85. The van der Waals surface area contributed by atoms with Crippen molar-refractivity contribution in [3.63, 3.8) is 0 Å². The molecule has 178 valence electrons. The number of carbonyl (C=O) groups excluding carboxylic acids is 1. The van der Waals surface area contributed by atoms with Crippen molar-refractivity contribution in [1.29, 1.82) is 0 Å². The van der Waals surface area contributed by atoms with E-state index in [1.165, 1.54) is 17.7 Å². The van der Waals surface area contributed by atoms with Gasteiger partial charge in [0, 0.05) is 39.5 Å².